The Kier molecular flexibility index (Phi) is 4.84. The third-order valence-electron chi connectivity index (χ3n) is 7.77. The number of aromatic hydroxyl groups is 1. The van der Waals surface area contributed by atoms with E-state index in [1.807, 2.05) is 12.1 Å². The predicted octanol–water partition coefficient (Wildman–Crippen LogP) is 5.56. The molecule has 3 aromatic carbocycles. The molecular weight excluding hydrogens is 428 g/mol. The number of hydrogen-bond donors (Lipinski definition) is 3. The van der Waals surface area contributed by atoms with Gasteiger partial charge in [-0.2, -0.15) is 0 Å². The van der Waals surface area contributed by atoms with Gasteiger partial charge >= 0.3 is 0 Å². The van der Waals surface area contributed by atoms with Crippen LogP contribution in [0.5, 0.6) is 11.5 Å². The highest BCUT2D eigenvalue weighted by molar-refractivity contribution is 7.80. The molecule has 1 spiro atoms. The van der Waals surface area contributed by atoms with Crippen molar-refractivity contribution < 1.29 is 9.84 Å². The van der Waals surface area contributed by atoms with Crippen molar-refractivity contribution in [3.8, 4) is 11.5 Å². The van der Waals surface area contributed by atoms with Crippen molar-refractivity contribution in [3.63, 3.8) is 0 Å². The van der Waals surface area contributed by atoms with Gasteiger partial charge in [-0.25, -0.2) is 0 Å². The average Bonchev–Trinajstić information content (AvgIpc) is 2.82. The van der Waals surface area contributed by atoms with Gasteiger partial charge in [-0.1, -0.05) is 67.1 Å². The van der Waals surface area contributed by atoms with Crippen molar-refractivity contribution in [3.05, 3.63) is 95.1 Å². The fraction of sp³-hybridized carbons (Fsp3) is 0.321. The van der Waals surface area contributed by atoms with E-state index in [-0.39, 0.29) is 29.5 Å². The maximum absolute atomic E-state index is 10.5. The fourth-order valence-electron chi connectivity index (χ4n) is 6.56. The molecule has 2 heterocycles. The van der Waals surface area contributed by atoms with E-state index in [9.17, 15) is 5.11 Å². The number of rotatable bonds is 2. The van der Waals surface area contributed by atoms with E-state index in [2.05, 4.69) is 72.2 Å². The molecule has 0 unspecified atom stereocenters. The van der Waals surface area contributed by atoms with E-state index in [0.29, 0.717) is 5.11 Å². The number of phenols is 1. The topological polar surface area (TPSA) is 53.5 Å². The summed E-state index contributed by atoms with van der Waals surface area (Å²) < 4.78 is 6.96. The van der Waals surface area contributed by atoms with Crippen LogP contribution in [0.15, 0.2) is 72.8 Å². The lowest BCUT2D eigenvalue weighted by Crippen LogP contribution is -2.73. The van der Waals surface area contributed by atoms with E-state index in [1.54, 1.807) is 6.07 Å². The molecule has 1 saturated carbocycles. The van der Waals surface area contributed by atoms with Gasteiger partial charge in [0.1, 0.15) is 11.5 Å². The Hall–Kier alpha value is -3.05. The monoisotopic (exact) mass is 456 g/mol. The zero-order valence-corrected chi connectivity index (χ0v) is 19.4. The Morgan fingerprint density at radius 2 is 1.61 bits per heavy atom. The smallest absolute Gasteiger partial charge is 0.191 e. The van der Waals surface area contributed by atoms with Crippen LogP contribution < -0.4 is 15.4 Å². The van der Waals surface area contributed by atoms with Gasteiger partial charge in [0, 0.05) is 29.4 Å². The van der Waals surface area contributed by atoms with Gasteiger partial charge in [-0.3, -0.25) is 0 Å². The second-order valence-electron chi connectivity index (χ2n) is 9.59. The first-order valence-electron chi connectivity index (χ1n) is 11.8. The zero-order valence-electron chi connectivity index (χ0n) is 18.6. The van der Waals surface area contributed by atoms with Crippen molar-refractivity contribution in [2.45, 2.75) is 43.9 Å². The van der Waals surface area contributed by atoms with Gasteiger partial charge in [0.15, 0.2) is 10.8 Å². The number of hydrogen-bond acceptors (Lipinski definition) is 3. The Bertz CT molecular complexity index is 1200. The Morgan fingerprint density at radius 3 is 2.33 bits per heavy atom. The largest absolute Gasteiger partial charge is 0.508 e. The summed E-state index contributed by atoms with van der Waals surface area (Å²) in [5, 5.41) is 18.3. The standard InChI is InChI=1S/C28H28N2O2S/c1-17-15-20(31)16-23-24(17)25(18-9-4-2-5-10-18)21-13-8-14-22-26(19-11-6-3-7-12-19)29-27(33)30-28(21,22)32-23/h2-7,9-12,15-16,21-22,25-26,31H,8,13-14H2,1H3,(H2,29,30,33)/t21-,22-,25-,26+,28+/m0/s1. The van der Waals surface area contributed by atoms with Gasteiger partial charge in [0.05, 0.1) is 6.04 Å². The summed E-state index contributed by atoms with van der Waals surface area (Å²) >= 11 is 5.77. The first-order chi connectivity index (χ1) is 16.1. The minimum Gasteiger partial charge on any atom is -0.508 e. The fourth-order valence-corrected chi connectivity index (χ4v) is 6.84. The van der Waals surface area contributed by atoms with E-state index < -0.39 is 5.72 Å². The third-order valence-corrected chi connectivity index (χ3v) is 7.99. The number of aryl methyl sites for hydroxylation is 1. The maximum atomic E-state index is 10.5. The highest BCUT2D eigenvalue weighted by Crippen LogP contribution is 2.58. The molecule has 4 nitrogen and oxygen atoms in total. The highest BCUT2D eigenvalue weighted by atomic mass is 32.1. The van der Waals surface area contributed by atoms with Crippen LogP contribution in [0.4, 0.5) is 0 Å². The van der Waals surface area contributed by atoms with Gasteiger partial charge in [0.2, 0.25) is 0 Å². The summed E-state index contributed by atoms with van der Waals surface area (Å²) in [6.07, 6.45) is 3.22. The van der Waals surface area contributed by atoms with E-state index in [0.717, 1.165) is 30.6 Å². The van der Waals surface area contributed by atoms with Crippen molar-refractivity contribution in [1.82, 2.24) is 10.6 Å². The summed E-state index contributed by atoms with van der Waals surface area (Å²) in [7, 11) is 0. The first kappa shape index (κ1) is 20.5. The molecule has 5 atom stereocenters. The van der Waals surface area contributed by atoms with Crippen LogP contribution in [0.3, 0.4) is 0 Å². The molecule has 168 valence electrons. The molecule has 33 heavy (non-hydrogen) atoms. The zero-order chi connectivity index (χ0) is 22.6. The van der Waals surface area contributed by atoms with Crippen LogP contribution in [-0.2, 0) is 0 Å². The summed E-state index contributed by atoms with van der Waals surface area (Å²) in [5.41, 5.74) is 4.10. The van der Waals surface area contributed by atoms with Crippen LogP contribution in [0, 0.1) is 18.8 Å². The lowest BCUT2D eigenvalue weighted by Gasteiger charge is -2.59. The second-order valence-corrected chi connectivity index (χ2v) is 10.00. The molecule has 0 aromatic heterocycles. The Balaban J connectivity index is 1.56. The molecule has 3 aromatic rings. The van der Waals surface area contributed by atoms with Crippen molar-refractivity contribution in [1.29, 1.82) is 0 Å². The molecule has 0 amide bonds. The predicted molar refractivity (Wildman–Crippen MR) is 133 cm³/mol. The minimum absolute atomic E-state index is 0.0686. The Morgan fingerprint density at radius 1 is 0.939 bits per heavy atom. The van der Waals surface area contributed by atoms with Gasteiger partial charge in [-0.15, -0.1) is 0 Å². The molecule has 3 N–H and O–H groups in total. The van der Waals surface area contributed by atoms with Crippen LogP contribution in [0.1, 0.15) is 53.5 Å². The Labute approximate surface area is 200 Å². The van der Waals surface area contributed by atoms with Crippen LogP contribution in [0.25, 0.3) is 0 Å². The van der Waals surface area contributed by atoms with Gasteiger partial charge in [-0.05, 0) is 54.7 Å². The number of benzene rings is 3. The molecule has 6 rings (SSSR count). The van der Waals surface area contributed by atoms with Crippen molar-refractivity contribution in [2.75, 3.05) is 0 Å². The molecule has 2 aliphatic heterocycles. The molecule has 2 fully saturated rings. The lowest BCUT2D eigenvalue weighted by molar-refractivity contribution is -0.121. The summed E-state index contributed by atoms with van der Waals surface area (Å²) in [5.74, 6) is 1.54. The number of fused-ring (bicyclic) bond motifs is 1. The third kappa shape index (κ3) is 3.21. The summed E-state index contributed by atoms with van der Waals surface area (Å²) in [6.45, 7) is 2.07. The average molecular weight is 457 g/mol. The molecule has 0 radical (unpaired) electrons. The maximum Gasteiger partial charge on any atom is 0.191 e. The van der Waals surface area contributed by atoms with Crippen LogP contribution >= 0.6 is 12.2 Å². The van der Waals surface area contributed by atoms with Crippen LogP contribution in [0.2, 0.25) is 0 Å². The lowest BCUT2D eigenvalue weighted by atomic mass is 9.60. The molecule has 1 saturated heterocycles. The molecule has 3 aliphatic rings. The normalized spacial score (nSPS) is 30.0. The first-order valence-corrected chi connectivity index (χ1v) is 12.2. The number of nitrogens with one attached hydrogen (secondary N) is 2. The quantitative estimate of drug-likeness (QED) is 0.441. The SMILES string of the molecule is Cc1cc(O)cc2c1[C@@H](c1ccccc1)[C@@H]1CCC[C@H]3[C@@H](c4ccccc4)NC(=S)N[C@@]13O2. The van der Waals surface area contributed by atoms with Crippen LogP contribution in [-0.4, -0.2) is 15.9 Å². The van der Waals surface area contributed by atoms with E-state index in [4.69, 9.17) is 17.0 Å². The van der Waals surface area contributed by atoms with Crippen molar-refractivity contribution in [2.24, 2.45) is 11.8 Å². The second kappa shape index (κ2) is 7.77. The summed E-state index contributed by atoms with van der Waals surface area (Å²) in [4.78, 5) is 0. The van der Waals surface area contributed by atoms with Gasteiger partial charge in [0.25, 0.3) is 0 Å². The molecule has 5 heteroatoms. The summed E-state index contributed by atoms with van der Waals surface area (Å²) in [6, 6.07) is 25.0. The molecular formula is C28H28N2O2S. The highest BCUT2D eigenvalue weighted by Gasteiger charge is 2.61. The van der Waals surface area contributed by atoms with E-state index in [1.165, 1.54) is 16.7 Å². The van der Waals surface area contributed by atoms with Gasteiger partial charge < -0.3 is 20.5 Å². The molecule has 0 bridgehead atoms. The number of ether oxygens (including phenoxy) is 1. The van der Waals surface area contributed by atoms with Crippen molar-refractivity contribution >= 4 is 17.3 Å². The number of phenolic OH excluding ortho intramolecular Hbond substituents is 1. The molecule has 1 aliphatic carbocycles. The number of thiocarbonyl (C=S) groups is 1. The minimum atomic E-state index is -0.644. The van der Waals surface area contributed by atoms with E-state index >= 15 is 0 Å².